The largest absolute Gasteiger partial charge is 0.426 e. The highest BCUT2D eigenvalue weighted by molar-refractivity contribution is 6.55. The van der Waals surface area contributed by atoms with Gasteiger partial charge in [0.25, 0.3) is 5.60 Å². The lowest BCUT2D eigenvalue weighted by Gasteiger charge is -2.32. The Hall–Kier alpha value is -0.243. The molecule has 0 heterocycles. The van der Waals surface area contributed by atoms with Gasteiger partial charge in [0.1, 0.15) is 0 Å². The van der Waals surface area contributed by atoms with E-state index in [9.17, 15) is 26.3 Å². The molecule has 96 valence electrons. The van der Waals surface area contributed by atoms with E-state index in [1.54, 1.807) is 13.1 Å². The minimum absolute atomic E-state index is 0.281. The third kappa shape index (κ3) is 3.65. The van der Waals surface area contributed by atoms with E-state index >= 15 is 0 Å². The predicted molar refractivity (Wildman–Crippen MR) is 48.6 cm³/mol. The van der Waals surface area contributed by atoms with Crippen molar-refractivity contribution < 1.29 is 31.4 Å². The Bertz CT molecular complexity index is 208. The summed E-state index contributed by atoms with van der Waals surface area (Å²) >= 11 is 0. The Balaban J connectivity index is 4.71. The summed E-state index contributed by atoms with van der Waals surface area (Å²) < 4.78 is 73.0. The van der Waals surface area contributed by atoms with Gasteiger partial charge in [-0.05, 0) is 12.8 Å². The molecule has 0 rings (SSSR count). The van der Waals surface area contributed by atoms with Crippen LogP contribution in [0.1, 0.15) is 12.8 Å². The minimum Gasteiger partial charge on any atom is -0.374 e. The van der Waals surface area contributed by atoms with E-state index in [0.717, 1.165) is 0 Å². The SMILES string of the molecule is C[Si+](C)CCCC(O)(C(F)(F)F)C(F)(F)F. The number of rotatable bonds is 4. The molecule has 0 aromatic carbocycles. The van der Waals surface area contributed by atoms with Crippen molar-refractivity contribution in [3.8, 4) is 0 Å². The first-order chi connectivity index (χ1) is 6.92. The molecular weight excluding hydrogens is 254 g/mol. The van der Waals surface area contributed by atoms with Gasteiger partial charge in [0.2, 0.25) is 0 Å². The number of alkyl halides is 6. The molecule has 0 amide bonds. The van der Waals surface area contributed by atoms with E-state index in [4.69, 9.17) is 5.11 Å². The molecule has 0 aliphatic rings. The third-order valence-corrected chi connectivity index (χ3v) is 3.51. The Morgan fingerprint density at radius 2 is 1.31 bits per heavy atom. The molecule has 0 aliphatic heterocycles. The normalized spacial score (nSPS) is 14.1. The number of halogens is 6. The molecule has 0 aromatic rings. The van der Waals surface area contributed by atoms with E-state index in [-0.39, 0.29) is 6.42 Å². The van der Waals surface area contributed by atoms with Crippen molar-refractivity contribution in [2.45, 2.75) is 49.9 Å². The summed E-state index contributed by atoms with van der Waals surface area (Å²) in [6, 6.07) is 0.305. The van der Waals surface area contributed by atoms with Crippen molar-refractivity contribution in [2.24, 2.45) is 0 Å². The first kappa shape index (κ1) is 15.8. The van der Waals surface area contributed by atoms with Gasteiger partial charge in [-0.2, -0.15) is 26.3 Å². The fourth-order valence-corrected chi connectivity index (χ4v) is 2.03. The standard InChI is InChI=1S/C8H13F6OSi/c1-16(2)5-3-4-6(15,7(9,10)11)8(12,13)14/h15H,3-5H2,1-2H3/q+1. The van der Waals surface area contributed by atoms with Gasteiger partial charge in [-0.1, -0.05) is 0 Å². The van der Waals surface area contributed by atoms with Crippen molar-refractivity contribution in [3.63, 3.8) is 0 Å². The second kappa shape index (κ2) is 4.95. The quantitative estimate of drug-likeness (QED) is 0.611. The van der Waals surface area contributed by atoms with Gasteiger partial charge in [-0.25, -0.2) is 0 Å². The summed E-state index contributed by atoms with van der Waals surface area (Å²) in [5.74, 6) is 0. The molecule has 0 saturated carbocycles. The van der Waals surface area contributed by atoms with Crippen LogP contribution >= 0.6 is 0 Å². The second-order valence-corrected chi connectivity index (χ2v) is 6.83. The van der Waals surface area contributed by atoms with Crippen molar-refractivity contribution in [1.82, 2.24) is 0 Å². The van der Waals surface area contributed by atoms with Crippen molar-refractivity contribution in [1.29, 1.82) is 0 Å². The van der Waals surface area contributed by atoms with Crippen LogP contribution in [0.25, 0.3) is 0 Å². The molecule has 0 atom stereocenters. The van der Waals surface area contributed by atoms with Crippen LogP contribution in [0.15, 0.2) is 0 Å². The number of aliphatic hydroxyl groups is 1. The lowest BCUT2D eigenvalue weighted by molar-refractivity contribution is -0.369. The molecule has 16 heavy (non-hydrogen) atoms. The summed E-state index contributed by atoms with van der Waals surface area (Å²) in [5, 5.41) is 8.76. The third-order valence-electron chi connectivity index (χ3n) is 2.15. The lowest BCUT2D eigenvalue weighted by Crippen LogP contribution is -2.56. The van der Waals surface area contributed by atoms with Gasteiger partial charge in [-0.15, -0.1) is 0 Å². The molecule has 1 nitrogen and oxygen atoms in total. The summed E-state index contributed by atoms with van der Waals surface area (Å²) in [7, 11) is -0.892. The fourth-order valence-electron chi connectivity index (χ4n) is 1.14. The van der Waals surface area contributed by atoms with Crippen LogP contribution in [0.2, 0.25) is 19.1 Å². The molecular formula is C8H13F6OSi+. The maximum atomic E-state index is 12.2. The summed E-state index contributed by atoms with van der Waals surface area (Å²) in [6.45, 7) is 3.57. The maximum absolute atomic E-state index is 12.2. The van der Waals surface area contributed by atoms with Crippen LogP contribution in [0, 0.1) is 0 Å². The van der Waals surface area contributed by atoms with Crippen molar-refractivity contribution >= 4 is 8.80 Å². The molecule has 0 aliphatic carbocycles. The summed E-state index contributed by atoms with van der Waals surface area (Å²) in [5.41, 5.74) is -4.57. The highest BCUT2D eigenvalue weighted by Gasteiger charge is 2.69. The Morgan fingerprint density at radius 3 is 1.56 bits per heavy atom. The first-order valence-electron chi connectivity index (χ1n) is 4.56. The van der Waals surface area contributed by atoms with Crippen LogP contribution in [-0.2, 0) is 0 Å². The molecule has 0 spiro atoms. The monoisotopic (exact) mass is 267 g/mol. The molecule has 0 saturated heterocycles. The fraction of sp³-hybridized carbons (Fsp3) is 1.00. The van der Waals surface area contributed by atoms with Gasteiger partial charge in [0.15, 0.2) is 0 Å². The number of hydrogen-bond donors (Lipinski definition) is 1. The zero-order valence-corrected chi connectivity index (χ0v) is 9.84. The van der Waals surface area contributed by atoms with Crippen LogP contribution in [0.5, 0.6) is 0 Å². The summed E-state index contributed by atoms with van der Waals surface area (Å²) in [4.78, 5) is 0. The zero-order valence-electron chi connectivity index (χ0n) is 8.84. The van der Waals surface area contributed by atoms with Crippen LogP contribution in [-0.4, -0.2) is 31.9 Å². The van der Waals surface area contributed by atoms with Crippen molar-refractivity contribution in [2.75, 3.05) is 0 Å². The van der Waals surface area contributed by atoms with E-state index in [1.807, 2.05) is 0 Å². The zero-order chi connectivity index (χ0) is 13.2. The van der Waals surface area contributed by atoms with E-state index in [2.05, 4.69) is 0 Å². The molecule has 0 radical (unpaired) electrons. The molecule has 0 fully saturated rings. The van der Waals surface area contributed by atoms with Crippen LogP contribution < -0.4 is 0 Å². The highest BCUT2D eigenvalue weighted by Crippen LogP contribution is 2.46. The highest BCUT2D eigenvalue weighted by atomic mass is 28.3. The molecule has 0 bridgehead atoms. The molecule has 8 heteroatoms. The van der Waals surface area contributed by atoms with Gasteiger partial charge in [0, 0.05) is 0 Å². The van der Waals surface area contributed by atoms with Crippen LogP contribution in [0.3, 0.4) is 0 Å². The first-order valence-corrected chi connectivity index (χ1v) is 7.27. The van der Waals surface area contributed by atoms with E-state index in [1.165, 1.54) is 0 Å². The molecule has 0 aromatic heterocycles. The molecule has 0 unspecified atom stereocenters. The maximum Gasteiger partial charge on any atom is 0.426 e. The van der Waals surface area contributed by atoms with Gasteiger partial charge in [-0.3, -0.25) is 0 Å². The minimum atomic E-state index is -5.68. The predicted octanol–water partition coefficient (Wildman–Crippen LogP) is 3.38. The Morgan fingerprint density at radius 1 is 0.938 bits per heavy atom. The van der Waals surface area contributed by atoms with Crippen LogP contribution in [0.4, 0.5) is 26.3 Å². The topological polar surface area (TPSA) is 20.2 Å². The average Bonchev–Trinajstić information content (AvgIpc) is 1.98. The molecule has 1 N–H and O–H groups in total. The van der Waals surface area contributed by atoms with Gasteiger partial charge < -0.3 is 5.11 Å². The number of hydrogen-bond acceptors (Lipinski definition) is 1. The smallest absolute Gasteiger partial charge is 0.374 e. The van der Waals surface area contributed by atoms with Gasteiger partial charge >= 0.3 is 21.1 Å². The Kier molecular flexibility index (Phi) is 4.87. The summed E-state index contributed by atoms with van der Waals surface area (Å²) in [6.07, 6.45) is -13.0. The Labute approximate surface area is 91.1 Å². The van der Waals surface area contributed by atoms with Crippen molar-refractivity contribution in [3.05, 3.63) is 0 Å². The van der Waals surface area contributed by atoms with E-state index < -0.39 is 33.2 Å². The van der Waals surface area contributed by atoms with E-state index in [0.29, 0.717) is 6.04 Å². The average molecular weight is 267 g/mol. The van der Waals surface area contributed by atoms with Gasteiger partial charge in [0.05, 0.1) is 19.1 Å². The lowest BCUT2D eigenvalue weighted by atomic mass is 9.97. The second-order valence-electron chi connectivity index (χ2n) is 3.92.